The van der Waals surface area contributed by atoms with Crippen molar-refractivity contribution in [3.8, 4) is 6.07 Å². The van der Waals surface area contributed by atoms with Crippen LogP contribution in [0.5, 0.6) is 0 Å². The summed E-state index contributed by atoms with van der Waals surface area (Å²) in [4.78, 5) is 1.17. The summed E-state index contributed by atoms with van der Waals surface area (Å²) in [7, 11) is 0. The second-order valence-corrected chi connectivity index (χ2v) is 15.9. The number of halogens is 1. The van der Waals surface area contributed by atoms with Gasteiger partial charge in [0.15, 0.2) is 0 Å². The molecule has 0 saturated heterocycles. The number of rotatable bonds is 8. The van der Waals surface area contributed by atoms with Crippen molar-refractivity contribution in [2.75, 3.05) is 5.75 Å². The molecule has 1 unspecified atom stereocenters. The topological polar surface area (TPSA) is 23.8 Å². The first kappa shape index (κ1) is 23.6. The Labute approximate surface area is 206 Å². The molecule has 4 heteroatoms. The summed E-state index contributed by atoms with van der Waals surface area (Å²) in [6.45, 7) is 1.96. The van der Waals surface area contributed by atoms with Crippen LogP contribution in [0, 0.1) is 17.2 Å². The van der Waals surface area contributed by atoms with Crippen LogP contribution in [0.1, 0.15) is 12.5 Å². The average molecular weight is 488 g/mol. The number of hydrogen-bond donors (Lipinski definition) is 0. The van der Waals surface area contributed by atoms with E-state index in [-0.39, 0.29) is 5.92 Å². The minimum atomic E-state index is -3.35. The minimum absolute atomic E-state index is 0.0175. The van der Waals surface area contributed by atoms with E-state index in [4.69, 9.17) is 16.5 Å². The van der Waals surface area contributed by atoms with Crippen LogP contribution in [-0.2, 0) is 6.16 Å². The zero-order chi connectivity index (χ0) is 23.2. The van der Waals surface area contributed by atoms with E-state index >= 15 is 0 Å². The monoisotopic (exact) mass is 487 g/mol. The van der Waals surface area contributed by atoms with Crippen LogP contribution < -0.4 is 15.9 Å². The fraction of sp³-hybridized carbons (Fsp3) is 0.138. The van der Waals surface area contributed by atoms with Crippen LogP contribution in [0.3, 0.4) is 0 Å². The maximum absolute atomic E-state index is 9.16. The summed E-state index contributed by atoms with van der Waals surface area (Å²) in [5.41, 5.74) is 1.20. The summed E-state index contributed by atoms with van der Waals surface area (Å²) in [6.07, 6.45) is 0.716. The molecular formula is C29H27ClNPS. The number of hydrogen-bond acceptors (Lipinski definition) is 2. The summed E-state index contributed by atoms with van der Waals surface area (Å²) in [5, 5.41) is 12.7. The Morgan fingerprint density at radius 3 is 1.70 bits per heavy atom. The van der Waals surface area contributed by atoms with Crippen LogP contribution >= 0.6 is 29.0 Å². The molecular weight excluding hydrogens is 461 g/mol. The van der Waals surface area contributed by atoms with Gasteiger partial charge >= 0.3 is 207 Å². The quantitative estimate of drug-likeness (QED) is 0.195. The first-order valence-electron chi connectivity index (χ1n) is 11.1. The van der Waals surface area contributed by atoms with E-state index in [1.807, 2.05) is 25.1 Å². The van der Waals surface area contributed by atoms with E-state index in [9.17, 15) is 0 Å². The first-order chi connectivity index (χ1) is 16.0. The molecule has 0 aliphatic heterocycles. The standard InChI is InChI=1S/C29H27ClNPS/c1-24(21-31)23-33-29-19-11-12-25(20-29)22-32(30,26-13-5-2-6-14-26,27-15-7-3-8-16-27)28-17-9-4-10-18-28/h2-20,24H,22-23H2,1H3. The van der Waals surface area contributed by atoms with Crippen molar-refractivity contribution in [2.45, 2.75) is 18.0 Å². The Morgan fingerprint density at radius 2 is 1.24 bits per heavy atom. The summed E-state index contributed by atoms with van der Waals surface area (Å²) in [6, 6.07) is 42.7. The Balaban J connectivity index is 1.91. The van der Waals surface area contributed by atoms with Gasteiger partial charge in [-0.2, -0.15) is 0 Å². The van der Waals surface area contributed by atoms with Crippen LogP contribution in [0.2, 0.25) is 0 Å². The molecule has 1 atom stereocenters. The van der Waals surface area contributed by atoms with Gasteiger partial charge in [-0.15, -0.1) is 0 Å². The van der Waals surface area contributed by atoms with Gasteiger partial charge in [0, 0.05) is 0 Å². The molecule has 0 spiro atoms. The fourth-order valence-corrected chi connectivity index (χ4v) is 11.3. The Kier molecular flexibility index (Phi) is 7.26. The van der Waals surface area contributed by atoms with Crippen LogP contribution in [0.4, 0.5) is 0 Å². The summed E-state index contributed by atoms with van der Waals surface area (Å²) >= 11 is 9.92. The van der Waals surface area contributed by atoms with Crippen molar-refractivity contribution in [1.29, 1.82) is 5.26 Å². The molecule has 0 aromatic heterocycles. The van der Waals surface area contributed by atoms with Gasteiger partial charge in [0.1, 0.15) is 0 Å². The zero-order valence-electron chi connectivity index (χ0n) is 18.6. The molecule has 0 amide bonds. The molecule has 0 radical (unpaired) electrons. The van der Waals surface area contributed by atoms with Gasteiger partial charge in [-0.25, -0.2) is 0 Å². The van der Waals surface area contributed by atoms with Crippen molar-refractivity contribution in [2.24, 2.45) is 5.92 Å². The maximum atomic E-state index is 9.16. The van der Waals surface area contributed by atoms with Crippen molar-refractivity contribution in [1.82, 2.24) is 0 Å². The van der Waals surface area contributed by atoms with Gasteiger partial charge in [-0.05, 0) is 0 Å². The van der Waals surface area contributed by atoms with Gasteiger partial charge in [0.05, 0.1) is 0 Å². The molecule has 1 nitrogen and oxygen atoms in total. The fourth-order valence-electron chi connectivity index (χ4n) is 4.27. The molecule has 0 aliphatic carbocycles. The third kappa shape index (κ3) is 4.73. The van der Waals surface area contributed by atoms with E-state index < -0.39 is 5.96 Å². The van der Waals surface area contributed by atoms with Gasteiger partial charge in [-0.1, -0.05) is 0 Å². The second-order valence-electron chi connectivity index (χ2n) is 8.34. The van der Waals surface area contributed by atoms with Crippen LogP contribution in [-0.4, -0.2) is 5.75 Å². The van der Waals surface area contributed by atoms with Crippen LogP contribution in [0.25, 0.3) is 0 Å². The van der Waals surface area contributed by atoms with E-state index in [1.54, 1.807) is 11.8 Å². The third-order valence-electron chi connectivity index (χ3n) is 5.98. The second kappa shape index (κ2) is 10.1. The molecule has 4 aromatic rings. The van der Waals surface area contributed by atoms with Gasteiger partial charge in [-0.3, -0.25) is 0 Å². The Morgan fingerprint density at radius 1 is 0.758 bits per heavy atom. The average Bonchev–Trinajstić information content (AvgIpc) is 2.89. The predicted octanol–water partition coefficient (Wildman–Crippen LogP) is 7.12. The van der Waals surface area contributed by atoms with E-state index in [1.165, 1.54) is 26.4 Å². The van der Waals surface area contributed by atoms with Crippen molar-refractivity contribution in [3.63, 3.8) is 0 Å². The van der Waals surface area contributed by atoms with Gasteiger partial charge < -0.3 is 0 Å². The molecule has 0 bridgehead atoms. The first-order valence-corrected chi connectivity index (χ1v) is 15.4. The van der Waals surface area contributed by atoms with Crippen molar-refractivity contribution in [3.05, 3.63) is 121 Å². The SMILES string of the molecule is CC(C#N)CSc1cccc(CP(Cl)(c2ccccc2)(c2ccccc2)c2ccccc2)c1. The molecule has 0 saturated carbocycles. The van der Waals surface area contributed by atoms with Crippen molar-refractivity contribution >= 4 is 44.9 Å². The normalized spacial score (nSPS) is 13.4. The predicted molar refractivity (Wildman–Crippen MR) is 147 cm³/mol. The molecule has 33 heavy (non-hydrogen) atoms. The molecule has 0 aliphatic rings. The summed E-state index contributed by atoms with van der Waals surface area (Å²) < 4.78 is 0. The third-order valence-corrected chi connectivity index (χ3v) is 14.4. The Hall–Kier alpha value is -2.56. The van der Waals surface area contributed by atoms with Gasteiger partial charge in [0.25, 0.3) is 0 Å². The van der Waals surface area contributed by atoms with Crippen LogP contribution in [0.15, 0.2) is 120 Å². The summed E-state index contributed by atoms with van der Waals surface area (Å²) in [5.74, 6) is -2.55. The molecule has 4 aromatic carbocycles. The number of thioether (sulfide) groups is 1. The molecule has 166 valence electrons. The van der Waals surface area contributed by atoms with E-state index in [2.05, 4.69) is 103 Å². The van der Waals surface area contributed by atoms with Crippen molar-refractivity contribution < 1.29 is 0 Å². The molecule has 0 N–H and O–H groups in total. The van der Waals surface area contributed by atoms with Gasteiger partial charge in [0.2, 0.25) is 0 Å². The zero-order valence-corrected chi connectivity index (χ0v) is 21.1. The molecule has 0 fully saturated rings. The Bertz CT molecular complexity index is 1140. The van der Waals surface area contributed by atoms with E-state index in [0.29, 0.717) is 6.16 Å². The van der Waals surface area contributed by atoms with E-state index in [0.717, 1.165) is 5.75 Å². The number of benzene rings is 4. The number of nitrogens with zero attached hydrogens (tertiary/aromatic N) is 1. The molecule has 4 rings (SSSR count). The molecule has 0 heterocycles. The number of nitriles is 1.